The molecule has 1 rings (SSSR count). The maximum atomic E-state index is 9.09. The van der Waals surface area contributed by atoms with E-state index in [0.717, 1.165) is 10.6 Å². The van der Waals surface area contributed by atoms with Crippen molar-refractivity contribution < 1.29 is 5.11 Å². The Balaban J connectivity index is 2.90. The minimum absolute atomic E-state index is 0.0728. The third-order valence-corrected chi connectivity index (χ3v) is 2.99. The average Bonchev–Trinajstić information content (AvgIpc) is 2.26. The van der Waals surface area contributed by atoms with Crippen LogP contribution in [0.25, 0.3) is 0 Å². The van der Waals surface area contributed by atoms with Crippen molar-refractivity contribution in [2.75, 3.05) is 6.61 Å². The summed E-state index contributed by atoms with van der Waals surface area (Å²) in [4.78, 5) is 0. The van der Waals surface area contributed by atoms with Gasteiger partial charge in [0.15, 0.2) is 0 Å². The molecule has 0 radical (unpaired) electrons. The van der Waals surface area contributed by atoms with E-state index in [0.29, 0.717) is 5.92 Å². The number of aliphatic hydroxyl groups is 1. The molecule has 2 atom stereocenters. The summed E-state index contributed by atoms with van der Waals surface area (Å²) in [5, 5.41) is 13.3. The lowest BCUT2D eigenvalue weighted by molar-refractivity contribution is 0.229. The fourth-order valence-corrected chi connectivity index (χ4v) is 1.98. The Hall–Kier alpha value is -0.570. The van der Waals surface area contributed by atoms with Crippen molar-refractivity contribution in [2.45, 2.75) is 32.9 Å². The highest BCUT2D eigenvalue weighted by Crippen LogP contribution is 2.28. The van der Waals surface area contributed by atoms with Gasteiger partial charge >= 0.3 is 0 Å². The number of nitrogens with one attached hydrogen (secondary N) is 1. The SMILES string of the molecule is CC(CO)NC(c1ccccc1Cl)C(C)C. The van der Waals surface area contributed by atoms with Crippen LogP contribution >= 0.6 is 11.6 Å². The van der Waals surface area contributed by atoms with Gasteiger partial charge < -0.3 is 10.4 Å². The molecule has 3 heteroatoms. The molecule has 2 nitrogen and oxygen atoms in total. The van der Waals surface area contributed by atoms with E-state index in [1.807, 2.05) is 31.2 Å². The summed E-state index contributed by atoms with van der Waals surface area (Å²) < 4.78 is 0. The average molecular weight is 242 g/mol. The van der Waals surface area contributed by atoms with Crippen molar-refractivity contribution in [1.82, 2.24) is 5.32 Å². The van der Waals surface area contributed by atoms with E-state index in [9.17, 15) is 0 Å². The van der Waals surface area contributed by atoms with Gasteiger partial charge in [-0.05, 0) is 24.5 Å². The lowest BCUT2D eigenvalue weighted by atomic mass is 9.95. The molecule has 1 aromatic carbocycles. The monoisotopic (exact) mass is 241 g/mol. The van der Waals surface area contributed by atoms with Gasteiger partial charge in [-0.15, -0.1) is 0 Å². The molecule has 0 spiro atoms. The van der Waals surface area contributed by atoms with E-state index >= 15 is 0 Å². The second-order valence-electron chi connectivity index (χ2n) is 4.49. The lowest BCUT2D eigenvalue weighted by Crippen LogP contribution is -2.35. The lowest BCUT2D eigenvalue weighted by Gasteiger charge is -2.26. The standard InChI is InChI=1S/C13H20ClNO/c1-9(2)13(15-10(3)8-16)11-6-4-5-7-12(11)14/h4-7,9-10,13,15-16H,8H2,1-3H3. The van der Waals surface area contributed by atoms with Gasteiger partial charge in [-0.3, -0.25) is 0 Å². The van der Waals surface area contributed by atoms with E-state index in [2.05, 4.69) is 19.2 Å². The Kier molecular flexibility index (Phi) is 5.26. The molecule has 0 aliphatic rings. The summed E-state index contributed by atoms with van der Waals surface area (Å²) in [6.45, 7) is 6.38. The Morgan fingerprint density at radius 3 is 2.38 bits per heavy atom. The summed E-state index contributed by atoms with van der Waals surface area (Å²) in [6.07, 6.45) is 0. The van der Waals surface area contributed by atoms with Crippen molar-refractivity contribution in [1.29, 1.82) is 0 Å². The van der Waals surface area contributed by atoms with Gasteiger partial charge in [0.2, 0.25) is 0 Å². The molecule has 0 amide bonds. The van der Waals surface area contributed by atoms with E-state index in [-0.39, 0.29) is 18.7 Å². The molecule has 0 bridgehead atoms. The number of benzene rings is 1. The fourth-order valence-electron chi connectivity index (χ4n) is 1.73. The fraction of sp³-hybridized carbons (Fsp3) is 0.538. The topological polar surface area (TPSA) is 32.3 Å². The maximum Gasteiger partial charge on any atom is 0.0582 e. The molecule has 0 aromatic heterocycles. The number of hydrogen-bond donors (Lipinski definition) is 2. The van der Waals surface area contributed by atoms with Crippen molar-refractivity contribution in [3.8, 4) is 0 Å². The van der Waals surface area contributed by atoms with Crippen LogP contribution in [0.5, 0.6) is 0 Å². The van der Waals surface area contributed by atoms with Crippen LogP contribution in [0.3, 0.4) is 0 Å². The zero-order valence-corrected chi connectivity index (χ0v) is 10.8. The van der Waals surface area contributed by atoms with Crippen LogP contribution in [-0.4, -0.2) is 17.8 Å². The number of aliphatic hydroxyl groups excluding tert-OH is 1. The molecule has 0 aliphatic heterocycles. The summed E-state index contributed by atoms with van der Waals surface area (Å²) >= 11 is 6.19. The van der Waals surface area contributed by atoms with E-state index in [4.69, 9.17) is 16.7 Å². The maximum absolute atomic E-state index is 9.09. The first-order chi connectivity index (χ1) is 7.56. The van der Waals surface area contributed by atoms with Crippen LogP contribution in [0.1, 0.15) is 32.4 Å². The number of rotatable bonds is 5. The quantitative estimate of drug-likeness (QED) is 0.831. The summed E-state index contributed by atoms with van der Waals surface area (Å²) in [5.74, 6) is 0.425. The molecule has 90 valence electrons. The van der Waals surface area contributed by atoms with Crippen LogP contribution in [0.4, 0.5) is 0 Å². The molecule has 0 fully saturated rings. The molecule has 0 heterocycles. The number of halogens is 1. The van der Waals surface area contributed by atoms with Crippen LogP contribution in [-0.2, 0) is 0 Å². The first kappa shape index (κ1) is 13.5. The molecule has 2 unspecified atom stereocenters. The van der Waals surface area contributed by atoms with E-state index in [1.165, 1.54) is 0 Å². The second kappa shape index (κ2) is 6.24. The largest absolute Gasteiger partial charge is 0.395 e. The molecule has 0 saturated carbocycles. The van der Waals surface area contributed by atoms with Crippen molar-refractivity contribution in [3.05, 3.63) is 34.9 Å². The van der Waals surface area contributed by atoms with Gasteiger partial charge in [-0.1, -0.05) is 43.6 Å². The van der Waals surface area contributed by atoms with Gasteiger partial charge in [-0.2, -0.15) is 0 Å². The van der Waals surface area contributed by atoms with Crippen LogP contribution < -0.4 is 5.32 Å². The molecule has 16 heavy (non-hydrogen) atoms. The van der Waals surface area contributed by atoms with Crippen LogP contribution in [0.2, 0.25) is 5.02 Å². The Bertz CT molecular complexity index is 327. The predicted octanol–water partition coefficient (Wildman–Crippen LogP) is 3.01. The van der Waals surface area contributed by atoms with Crippen LogP contribution in [0.15, 0.2) is 24.3 Å². The molecule has 0 saturated heterocycles. The predicted molar refractivity (Wildman–Crippen MR) is 68.7 cm³/mol. The van der Waals surface area contributed by atoms with E-state index < -0.39 is 0 Å². The zero-order valence-electron chi connectivity index (χ0n) is 10.1. The summed E-state index contributed by atoms with van der Waals surface area (Å²) in [6, 6.07) is 8.10. The zero-order chi connectivity index (χ0) is 12.1. The van der Waals surface area contributed by atoms with Gasteiger partial charge in [-0.25, -0.2) is 0 Å². The molecule has 0 aliphatic carbocycles. The highest BCUT2D eigenvalue weighted by atomic mass is 35.5. The Morgan fingerprint density at radius 1 is 1.25 bits per heavy atom. The highest BCUT2D eigenvalue weighted by Gasteiger charge is 2.19. The molecular formula is C13H20ClNO. The van der Waals surface area contributed by atoms with Crippen LogP contribution in [0, 0.1) is 5.92 Å². The summed E-state index contributed by atoms with van der Waals surface area (Å²) in [7, 11) is 0. The molecule has 1 aromatic rings. The van der Waals surface area contributed by atoms with Gasteiger partial charge in [0.1, 0.15) is 0 Å². The third-order valence-electron chi connectivity index (χ3n) is 2.64. The van der Waals surface area contributed by atoms with E-state index in [1.54, 1.807) is 0 Å². The third kappa shape index (κ3) is 3.48. The van der Waals surface area contributed by atoms with Gasteiger partial charge in [0, 0.05) is 17.1 Å². The van der Waals surface area contributed by atoms with Gasteiger partial charge in [0.05, 0.1) is 6.61 Å². The smallest absolute Gasteiger partial charge is 0.0582 e. The molecular weight excluding hydrogens is 222 g/mol. The first-order valence-corrected chi connectivity index (χ1v) is 6.05. The summed E-state index contributed by atoms with van der Waals surface area (Å²) in [5.41, 5.74) is 1.10. The Labute approximate surface area is 103 Å². The van der Waals surface area contributed by atoms with Gasteiger partial charge in [0.25, 0.3) is 0 Å². The molecule has 2 N–H and O–H groups in total. The van der Waals surface area contributed by atoms with Crippen molar-refractivity contribution in [2.24, 2.45) is 5.92 Å². The Morgan fingerprint density at radius 2 is 1.88 bits per heavy atom. The van der Waals surface area contributed by atoms with Crippen molar-refractivity contribution in [3.63, 3.8) is 0 Å². The first-order valence-electron chi connectivity index (χ1n) is 5.67. The highest BCUT2D eigenvalue weighted by molar-refractivity contribution is 6.31. The second-order valence-corrected chi connectivity index (χ2v) is 4.90. The normalized spacial score (nSPS) is 15.1. The minimum atomic E-state index is 0.0728. The minimum Gasteiger partial charge on any atom is -0.395 e. The van der Waals surface area contributed by atoms with Crippen molar-refractivity contribution >= 4 is 11.6 Å². The number of hydrogen-bond acceptors (Lipinski definition) is 2.